The van der Waals surface area contributed by atoms with Crippen LogP contribution >= 0.6 is 0 Å². The zero-order valence-corrected chi connectivity index (χ0v) is 14.4. The SMILES string of the molecule is Cc1nn(-c2ccc(F)cc2)c2[nH]cc(C(=O)Nc3ccccc3)c(=O)c12. The summed E-state index contributed by atoms with van der Waals surface area (Å²) < 4.78 is 14.7. The summed E-state index contributed by atoms with van der Waals surface area (Å²) in [6, 6.07) is 14.7. The van der Waals surface area contributed by atoms with Crippen molar-refractivity contribution in [2.24, 2.45) is 0 Å². The molecule has 2 N–H and O–H groups in total. The molecule has 27 heavy (non-hydrogen) atoms. The van der Waals surface area contributed by atoms with Crippen LogP contribution in [-0.4, -0.2) is 20.7 Å². The van der Waals surface area contributed by atoms with Crippen molar-refractivity contribution in [1.82, 2.24) is 14.8 Å². The van der Waals surface area contributed by atoms with Gasteiger partial charge in [-0.1, -0.05) is 18.2 Å². The van der Waals surface area contributed by atoms with Crippen LogP contribution in [0.25, 0.3) is 16.7 Å². The number of pyridine rings is 1. The number of H-pyrrole nitrogens is 1. The maximum Gasteiger partial charge on any atom is 0.261 e. The fourth-order valence-corrected chi connectivity index (χ4v) is 2.93. The topological polar surface area (TPSA) is 79.8 Å². The van der Waals surface area contributed by atoms with Crippen LogP contribution in [0.15, 0.2) is 65.6 Å². The molecule has 0 saturated carbocycles. The van der Waals surface area contributed by atoms with Crippen LogP contribution < -0.4 is 10.7 Å². The molecule has 2 aromatic carbocycles. The van der Waals surface area contributed by atoms with Crippen molar-refractivity contribution in [3.63, 3.8) is 0 Å². The standard InChI is InChI=1S/C20H15FN4O2/c1-12-17-18(26)16(20(27)23-14-5-3-2-4-6-14)11-22-19(17)25(24-12)15-9-7-13(21)8-10-15/h2-11H,1H3,(H,22,26)(H,23,27). The van der Waals surface area contributed by atoms with Gasteiger partial charge in [0.2, 0.25) is 5.43 Å². The minimum atomic E-state index is -0.502. The Bertz CT molecular complexity index is 1190. The molecule has 0 radical (unpaired) electrons. The van der Waals surface area contributed by atoms with Gasteiger partial charge in [-0.15, -0.1) is 0 Å². The number of fused-ring (bicyclic) bond motifs is 1. The Balaban J connectivity index is 1.79. The summed E-state index contributed by atoms with van der Waals surface area (Å²) in [6.07, 6.45) is 1.37. The Kier molecular flexibility index (Phi) is 4.04. The maximum absolute atomic E-state index is 13.2. The molecule has 4 aromatic rings. The molecule has 0 bridgehead atoms. The second-order valence-electron chi connectivity index (χ2n) is 6.05. The normalized spacial score (nSPS) is 10.9. The summed E-state index contributed by atoms with van der Waals surface area (Å²) in [5.41, 5.74) is 1.70. The van der Waals surface area contributed by atoms with E-state index in [9.17, 15) is 14.0 Å². The first-order valence-corrected chi connectivity index (χ1v) is 8.28. The van der Waals surface area contributed by atoms with Crippen LogP contribution in [0.4, 0.5) is 10.1 Å². The van der Waals surface area contributed by atoms with E-state index in [4.69, 9.17) is 0 Å². The highest BCUT2D eigenvalue weighted by Crippen LogP contribution is 2.18. The van der Waals surface area contributed by atoms with E-state index in [2.05, 4.69) is 15.4 Å². The van der Waals surface area contributed by atoms with Gasteiger partial charge in [0.05, 0.1) is 16.8 Å². The van der Waals surface area contributed by atoms with Gasteiger partial charge in [0.25, 0.3) is 5.91 Å². The first-order valence-electron chi connectivity index (χ1n) is 8.28. The van der Waals surface area contributed by atoms with E-state index in [0.29, 0.717) is 28.1 Å². The molecule has 134 valence electrons. The molecule has 0 spiro atoms. The number of anilines is 1. The largest absolute Gasteiger partial charge is 0.345 e. The number of amides is 1. The van der Waals surface area contributed by atoms with Crippen LogP contribution in [-0.2, 0) is 0 Å². The number of hydrogen-bond donors (Lipinski definition) is 2. The second kappa shape index (κ2) is 6.53. The van der Waals surface area contributed by atoms with Crippen molar-refractivity contribution >= 4 is 22.6 Å². The molecule has 0 unspecified atom stereocenters. The zero-order valence-electron chi connectivity index (χ0n) is 14.4. The zero-order chi connectivity index (χ0) is 19.0. The summed E-state index contributed by atoms with van der Waals surface area (Å²) in [7, 11) is 0. The monoisotopic (exact) mass is 362 g/mol. The van der Waals surface area contributed by atoms with Crippen LogP contribution in [0.1, 0.15) is 16.1 Å². The quantitative estimate of drug-likeness (QED) is 0.586. The van der Waals surface area contributed by atoms with Crippen molar-refractivity contribution in [3.8, 4) is 5.69 Å². The van der Waals surface area contributed by atoms with Crippen LogP contribution in [0.2, 0.25) is 0 Å². The van der Waals surface area contributed by atoms with Gasteiger partial charge in [-0.25, -0.2) is 9.07 Å². The number of aromatic nitrogens is 3. The molecule has 0 fully saturated rings. The van der Waals surface area contributed by atoms with E-state index in [1.807, 2.05) is 6.07 Å². The van der Waals surface area contributed by atoms with Crippen LogP contribution in [0, 0.1) is 12.7 Å². The number of rotatable bonds is 3. The molecular formula is C20H15FN4O2. The third-order valence-electron chi connectivity index (χ3n) is 4.23. The Morgan fingerprint density at radius 1 is 1.11 bits per heavy atom. The number of aryl methyl sites for hydroxylation is 1. The lowest BCUT2D eigenvalue weighted by Crippen LogP contribution is -2.22. The molecule has 0 aliphatic carbocycles. The van der Waals surface area contributed by atoms with Crippen molar-refractivity contribution in [3.05, 3.63) is 88.1 Å². The van der Waals surface area contributed by atoms with Crippen LogP contribution in [0.5, 0.6) is 0 Å². The molecule has 4 rings (SSSR count). The van der Waals surface area contributed by atoms with Crippen molar-refractivity contribution in [1.29, 1.82) is 0 Å². The van der Waals surface area contributed by atoms with Gasteiger partial charge in [0.15, 0.2) is 0 Å². The number of nitrogens with zero attached hydrogens (tertiary/aromatic N) is 2. The number of carbonyl (C=O) groups is 1. The number of carbonyl (C=O) groups excluding carboxylic acids is 1. The maximum atomic E-state index is 13.2. The van der Waals surface area contributed by atoms with Gasteiger partial charge < -0.3 is 10.3 Å². The summed E-state index contributed by atoms with van der Waals surface area (Å²) in [5, 5.41) is 7.39. The Labute approximate surface area is 153 Å². The molecule has 0 aliphatic heterocycles. The van der Waals surface area contributed by atoms with E-state index < -0.39 is 11.3 Å². The third kappa shape index (κ3) is 2.99. The minimum absolute atomic E-state index is 0.00638. The number of nitrogens with one attached hydrogen (secondary N) is 2. The Morgan fingerprint density at radius 3 is 2.52 bits per heavy atom. The fraction of sp³-hybridized carbons (Fsp3) is 0.0500. The molecule has 0 saturated heterocycles. The Hall–Kier alpha value is -3.74. The smallest absolute Gasteiger partial charge is 0.261 e. The summed E-state index contributed by atoms with van der Waals surface area (Å²) >= 11 is 0. The second-order valence-corrected chi connectivity index (χ2v) is 6.05. The first kappa shape index (κ1) is 16.7. The van der Waals surface area contributed by atoms with Crippen molar-refractivity contribution in [2.75, 3.05) is 5.32 Å². The molecule has 6 nitrogen and oxygen atoms in total. The lowest BCUT2D eigenvalue weighted by Gasteiger charge is -2.06. The molecule has 1 amide bonds. The molecule has 2 aromatic heterocycles. The predicted octanol–water partition coefficient (Wildman–Crippen LogP) is 3.41. The minimum Gasteiger partial charge on any atom is -0.345 e. The van der Waals surface area contributed by atoms with E-state index in [1.54, 1.807) is 43.3 Å². The third-order valence-corrected chi connectivity index (χ3v) is 4.23. The first-order chi connectivity index (χ1) is 13.0. The van der Waals surface area contributed by atoms with Gasteiger partial charge in [-0.3, -0.25) is 9.59 Å². The van der Waals surface area contributed by atoms with E-state index in [-0.39, 0.29) is 11.4 Å². The summed E-state index contributed by atoms with van der Waals surface area (Å²) in [4.78, 5) is 28.4. The van der Waals surface area contributed by atoms with Gasteiger partial charge in [0, 0.05) is 11.9 Å². The van der Waals surface area contributed by atoms with E-state index in [1.165, 1.54) is 23.0 Å². The molecule has 2 heterocycles. The van der Waals surface area contributed by atoms with E-state index in [0.717, 1.165) is 0 Å². The highest BCUT2D eigenvalue weighted by Gasteiger charge is 2.19. The van der Waals surface area contributed by atoms with E-state index >= 15 is 0 Å². The van der Waals surface area contributed by atoms with Crippen LogP contribution in [0.3, 0.4) is 0 Å². The summed E-state index contributed by atoms with van der Waals surface area (Å²) in [5.74, 6) is -0.862. The Morgan fingerprint density at radius 2 is 1.81 bits per heavy atom. The van der Waals surface area contributed by atoms with Crippen molar-refractivity contribution in [2.45, 2.75) is 6.92 Å². The van der Waals surface area contributed by atoms with Crippen molar-refractivity contribution < 1.29 is 9.18 Å². The lowest BCUT2D eigenvalue weighted by molar-refractivity contribution is 0.102. The van der Waals surface area contributed by atoms with Gasteiger partial charge in [-0.05, 0) is 43.3 Å². The number of benzene rings is 2. The molecular weight excluding hydrogens is 347 g/mol. The average Bonchev–Trinajstić information content (AvgIpc) is 3.01. The number of para-hydroxylation sites is 1. The average molecular weight is 362 g/mol. The molecule has 0 atom stereocenters. The van der Waals surface area contributed by atoms with Gasteiger partial charge >= 0.3 is 0 Å². The highest BCUT2D eigenvalue weighted by atomic mass is 19.1. The predicted molar refractivity (Wildman–Crippen MR) is 101 cm³/mol. The van der Waals surface area contributed by atoms with Gasteiger partial charge in [0.1, 0.15) is 17.0 Å². The summed E-state index contributed by atoms with van der Waals surface area (Å²) in [6.45, 7) is 1.69. The molecule has 7 heteroatoms. The van der Waals surface area contributed by atoms with Gasteiger partial charge in [-0.2, -0.15) is 5.10 Å². The lowest BCUT2D eigenvalue weighted by atomic mass is 10.1. The number of aromatic amines is 1. The molecule has 0 aliphatic rings. The number of hydrogen-bond acceptors (Lipinski definition) is 3. The number of halogens is 1. The highest BCUT2D eigenvalue weighted by molar-refractivity contribution is 6.05. The fourth-order valence-electron chi connectivity index (χ4n) is 2.93.